The highest BCUT2D eigenvalue weighted by Gasteiger charge is 2.45. The van der Waals surface area contributed by atoms with Gasteiger partial charge in [0.1, 0.15) is 0 Å². The molecule has 0 aliphatic heterocycles. The Hall–Kier alpha value is 0.211. The fraction of sp³-hybridized carbons (Fsp3) is 1.00. The molecule has 0 amide bonds. The maximum Gasteiger partial charge on any atom is 0.673 e. The molecule has 11 nitrogen and oxygen atoms in total. The van der Waals surface area contributed by atoms with Crippen molar-refractivity contribution in [2.75, 3.05) is 14.2 Å². The van der Waals surface area contributed by atoms with Gasteiger partial charge in [-0.05, 0) is 0 Å². The van der Waals surface area contributed by atoms with E-state index in [0.717, 1.165) is 0 Å². The van der Waals surface area contributed by atoms with Crippen LogP contribution in [0.5, 0.6) is 0 Å². The molecule has 0 heterocycles. The SMILES string of the molecule is CO[Si](O)(O)OC.O[Si](O)(O)O[Si](O)(O)O. The molecule has 0 spiro atoms. The van der Waals surface area contributed by atoms with Crippen molar-refractivity contribution < 1.29 is 51.3 Å². The second-order valence-electron chi connectivity index (χ2n) is 2.21. The second-order valence-corrected chi connectivity index (χ2v) is 7.23. The van der Waals surface area contributed by atoms with Gasteiger partial charge in [0, 0.05) is 14.2 Å². The lowest BCUT2D eigenvalue weighted by atomic mass is 11.8. The Labute approximate surface area is 93.4 Å². The van der Waals surface area contributed by atoms with Gasteiger partial charge in [0.05, 0.1) is 0 Å². The Morgan fingerprint density at radius 1 is 0.625 bits per heavy atom. The van der Waals surface area contributed by atoms with E-state index >= 15 is 0 Å². The van der Waals surface area contributed by atoms with Gasteiger partial charge in [0.15, 0.2) is 0 Å². The third-order valence-corrected chi connectivity index (χ3v) is 4.06. The summed E-state index contributed by atoms with van der Waals surface area (Å²) < 4.78 is 11.5. The van der Waals surface area contributed by atoms with Crippen LogP contribution in [-0.4, -0.2) is 79.7 Å². The number of rotatable bonds is 4. The highest BCUT2D eigenvalue weighted by molar-refractivity contribution is 6.63. The van der Waals surface area contributed by atoms with Crippen molar-refractivity contribution in [1.82, 2.24) is 0 Å². The number of hydrogen-bond acceptors (Lipinski definition) is 11. The second kappa shape index (κ2) is 6.83. The topological polar surface area (TPSA) is 190 Å². The molecular weight excluding hydrogens is 284 g/mol. The Morgan fingerprint density at radius 2 is 0.875 bits per heavy atom. The molecule has 0 fully saturated rings. The standard InChI is InChI=1S/C2H8O4Si.H6O7Si2/c1-5-7(3,4)6-2;1-8(2,3)7-9(4,5)6/h3-4H,1-2H3;1-6H. The fourth-order valence-corrected chi connectivity index (χ4v) is 1.90. The van der Waals surface area contributed by atoms with Gasteiger partial charge in [-0.15, -0.1) is 0 Å². The molecule has 8 N–H and O–H groups in total. The summed E-state index contributed by atoms with van der Waals surface area (Å²) in [6, 6.07) is 0. The van der Waals surface area contributed by atoms with E-state index in [-0.39, 0.29) is 0 Å². The van der Waals surface area contributed by atoms with Crippen LogP contribution in [0, 0.1) is 0 Å². The maximum atomic E-state index is 8.38. The minimum absolute atomic E-state index is 1.18. The lowest BCUT2D eigenvalue weighted by molar-refractivity contribution is 0.0404. The summed E-state index contributed by atoms with van der Waals surface area (Å²) in [5.74, 6) is 0. The van der Waals surface area contributed by atoms with Gasteiger partial charge in [-0.3, -0.25) is 0 Å². The Bertz CT molecular complexity index is 163. The average molecular weight is 298 g/mol. The van der Waals surface area contributed by atoms with E-state index in [1.165, 1.54) is 14.2 Å². The van der Waals surface area contributed by atoms with Gasteiger partial charge in [0.2, 0.25) is 0 Å². The summed E-state index contributed by atoms with van der Waals surface area (Å²) in [6.45, 7) is 0. The normalized spacial score (nSPS) is 13.1. The lowest BCUT2D eigenvalue weighted by Crippen LogP contribution is -2.53. The largest absolute Gasteiger partial charge is 0.673 e. The molecule has 0 aromatic carbocycles. The van der Waals surface area contributed by atoms with Crippen LogP contribution in [0.2, 0.25) is 0 Å². The first-order valence-corrected chi connectivity index (χ1v) is 8.63. The summed E-state index contributed by atoms with van der Waals surface area (Å²) in [5.41, 5.74) is 0. The maximum absolute atomic E-state index is 8.38. The zero-order valence-corrected chi connectivity index (χ0v) is 11.3. The molecule has 0 rings (SSSR count). The van der Waals surface area contributed by atoms with Crippen molar-refractivity contribution in [1.29, 1.82) is 0 Å². The molecule has 0 bridgehead atoms. The molecular formula is C2H14O11Si3. The van der Waals surface area contributed by atoms with Crippen molar-refractivity contribution in [3.05, 3.63) is 0 Å². The van der Waals surface area contributed by atoms with E-state index in [1.807, 2.05) is 0 Å². The molecule has 0 atom stereocenters. The Balaban J connectivity index is 0. The molecule has 100 valence electrons. The Kier molecular flexibility index (Phi) is 7.93. The summed E-state index contributed by atoms with van der Waals surface area (Å²) in [6.07, 6.45) is 0. The van der Waals surface area contributed by atoms with E-state index in [9.17, 15) is 0 Å². The fourth-order valence-electron chi connectivity index (χ4n) is 0.267. The van der Waals surface area contributed by atoms with E-state index in [4.69, 9.17) is 38.4 Å². The van der Waals surface area contributed by atoms with Crippen molar-refractivity contribution in [2.45, 2.75) is 0 Å². The predicted molar refractivity (Wildman–Crippen MR) is 50.1 cm³/mol. The first kappa shape index (κ1) is 18.6. The highest BCUT2D eigenvalue weighted by Crippen LogP contribution is 1.96. The Morgan fingerprint density at radius 3 is 0.875 bits per heavy atom. The zero-order valence-electron chi connectivity index (χ0n) is 8.30. The average Bonchev–Trinajstić information content (AvgIpc) is 1.99. The van der Waals surface area contributed by atoms with Crippen molar-refractivity contribution in [3.63, 3.8) is 0 Å². The minimum atomic E-state index is -4.98. The molecule has 0 saturated heterocycles. The quantitative estimate of drug-likeness (QED) is 0.231. The molecule has 0 aromatic rings. The summed E-state index contributed by atoms with van der Waals surface area (Å²) in [5, 5.41) is 0. The van der Waals surface area contributed by atoms with Gasteiger partial charge in [0.25, 0.3) is 0 Å². The summed E-state index contributed by atoms with van der Waals surface area (Å²) in [7, 11) is -11.3. The monoisotopic (exact) mass is 298 g/mol. The smallest absolute Gasteiger partial charge is 0.368 e. The van der Waals surface area contributed by atoms with Gasteiger partial charge in [-0.25, -0.2) is 0 Å². The van der Waals surface area contributed by atoms with E-state index in [1.54, 1.807) is 0 Å². The summed E-state index contributed by atoms with van der Waals surface area (Å²) in [4.78, 5) is 64.4. The summed E-state index contributed by atoms with van der Waals surface area (Å²) >= 11 is 0. The van der Waals surface area contributed by atoms with E-state index in [2.05, 4.69) is 13.0 Å². The first-order chi connectivity index (χ1) is 6.83. The van der Waals surface area contributed by atoms with Crippen LogP contribution in [0.25, 0.3) is 0 Å². The molecule has 0 radical (unpaired) electrons. The van der Waals surface area contributed by atoms with Crippen LogP contribution >= 0.6 is 0 Å². The first-order valence-electron chi connectivity index (χ1n) is 3.42. The molecule has 0 unspecified atom stereocenters. The third-order valence-electron chi connectivity index (χ3n) is 0.806. The van der Waals surface area contributed by atoms with Crippen LogP contribution in [-0.2, 0) is 13.0 Å². The van der Waals surface area contributed by atoms with Crippen LogP contribution in [0.4, 0.5) is 0 Å². The predicted octanol–water partition coefficient (Wildman–Crippen LogP) is -5.47. The third kappa shape index (κ3) is 16.6. The minimum Gasteiger partial charge on any atom is -0.368 e. The molecule has 16 heavy (non-hydrogen) atoms. The van der Waals surface area contributed by atoms with E-state index in [0.29, 0.717) is 0 Å². The van der Waals surface area contributed by atoms with Gasteiger partial charge < -0.3 is 51.3 Å². The number of hydrogen-bond donors (Lipinski definition) is 8. The lowest BCUT2D eigenvalue weighted by Gasteiger charge is -2.13. The van der Waals surface area contributed by atoms with E-state index < -0.39 is 27.1 Å². The molecule has 0 aliphatic carbocycles. The van der Waals surface area contributed by atoms with Crippen molar-refractivity contribution >= 4 is 27.1 Å². The van der Waals surface area contributed by atoms with Crippen LogP contribution in [0.3, 0.4) is 0 Å². The van der Waals surface area contributed by atoms with Gasteiger partial charge in [-0.1, -0.05) is 0 Å². The van der Waals surface area contributed by atoms with Gasteiger partial charge in [-0.2, -0.15) is 0 Å². The molecule has 0 saturated carbocycles. The molecule has 14 heteroatoms. The van der Waals surface area contributed by atoms with Crippen LogP contribution < -0.4 is 0 Å². The highest BCUT2D eigenvalue weighted by atomic mass is 28.5. The van der Waals surface area contributed by atoms with Crippen molar-refractivity contribution in [3.8, 4) is 0 Å². The van der Waals surface area contributed by atoms with Crippen molar-refractivity contribution in [2.24, 2.45) is 0 Å². The molecule has 0 aromatic heterocycles. The van der Waals surface area contributed by atoms with Crippen LogP contribution in [0.1, 0.15) is 0 Å². The zero-order chi connectivity index (χ0) is 13.6. The molecule has 0 aliphatic rings. The van der Waals surface area contributed by atoms with Crippen LogP contribution in [0.15, 0.2) is 0 Å². The van der Waals surface area contributed by atoms with Gasteiger partial charge >= 0.3 is 27.1 Å².